The van der Waals surface area contributed by atoms with Crippen molar-refractivity contribution in [3.8, 4) is 0 Å². The van der Waals surface area contributed by atoms with Crippen LogP contribution in [0.4, 0.5) is 4.39 Å². The monoisotopic (exact) mass is 224 g/mol. The van der Waals surface area contributed by atoms with Crippen LogP contribution in [0.15, 0.2) is 18.2 Å². The standard InChI is InChI=1S/C12H13FO3/c1-16-7-8-2-3-9(10(13)6-8)12(4-5-12)11(14)15/h2-3,6H,4-5,7H2,1H3,(H,14,15). The molecule has 0 unspecified atom stereocenters. The second-order valence-electron chi connectivity index (χ2n) is 4.13. The summed E-state index contributed by atoms with van der Waals surface area (Å²) in [6.07, 6.45) is 1.03. The van der Waals surface area contributed by atoms with Gasteiger partial charge in [0.15, 0.2) is 0 Å². The Hall–Kier alpha value is -1.42. The highest BCUT2D eigenvalue weighted by atomic mass is 19.1. The molecule has 2 rings (SSSR count). The molecule has 1 aliphatic rings. The van der Waals surface area contributed by atoms with Crippen LogP contribution in [0.5, 0.6) is 0 Å². The Morgan fingerprint density at radius 2 is 2.25 bits per heavy atom. The van der Waals surface area contributed by atoms with E-state index in [1.54, 1.807) is 12.1 Å². The van der Waals surface area contributed by atoms with Gasteiger partial charge in [0.2, 0.25) is 0 Å². The third-order valence-electron chi connectivity index (χ3n) is 3.02. The number of methoxy groups -OCH3 is 1. The summed E-state index contributed by atoms with van der Waals surface area (Å²) in [6, 6.07) is 4.62. The Morgan fingerprint density at radius 1 is 1.56 bits per heavy atom. The van der Waals surface area contributed by atoms with E-state index in [-0.39, 0.29) is 0 Å². The van der Waals surface area contributed by atoms with Crippen molar-refractivity contribution < 1.29 is 19.0 Å². The van der Waals surface area contributed by atoms with Crippen LogP contribution in [0.2, 0.25) is 0 Å². The van der Waals surface area contributed by atoms with E-state index in [2.05, 4.69) is 0 Å². The van der Waals surface area contributed by atoms with Gasteiger partial charge in [-0.3, -0.25) is 4.79 Å². The minimum atomic E-state index is -0.977. The summed E-state index contributed by atoms with van der Waals surface area (Å²) in [5.41, 5.74) is 0.0279. The normalized spacial score (nSPS) is 17.1. The van der Waals surface area contributed by atoms with Crippen LogP contribution in [-0.2, 0) is 21.6 Å². The molecule has 0 spiro atoms. The molecule has 3 nitrogen and oxygen atoms in total. The van der Waals surface area contributed by atoms with Gasteiger partial charge in [-0.05, 0) is 24.5 Å². The van der Waals surface area contributed by atoms with Crippen molar-refractivity contribution in [1.82, 2.24) is 0 Å². The number of halogens is 1. The number of aliphatic carboxylic acids is 1. The molecule has 1 aliphatic carbocycles. The second-order valence-corrected chi connectivity index (χ2v) is 4.13. The molecule has 0 aliphatic heterocycles. The maximum Gasteiger partial charge on any atom is 0.314 e. The predicted octanol–water partition coefficient (Wildman–Crippen LogP) is 2.09. The molecule has 0 atom stereocenters. The van der Waals surface area contributed by atoms with Gasteiger partial charge in [-0.15, -0.1) is 0 Å². The average Bonchev–Trinajstić information content (AvgIpc) is 2.99. The fraction of sp³-hybridized carbons (Fsp3) is 0.417. The van der Waals surface area contributed by atoms with Crippen molar-refractivity contribution in [2.24, 2.45) is 0 Å². The molecule has 1 aromatic carbocycles. The summed E-state index contributed by atoms with van der Waals surface area (Å²) < 4.78 is 18.6. The minimum absolute atomic E-state index is 0.292. The predicted molar refractivity (Wildman–Crippen MR) is 55.7 cm³/mol. The molecule has 1 aromatic rings. The van der Waals surface area contributed by atoms with Gasteiger partial charge in [0.25, 0.3) is 0 Å². The average molecular weight is 224 g/mol. The number of benzene rings is 1. The maximum absolute atomic E-state index is 13.8. The maximum atomic E-state index is 13.8. The lowest BCUT2D eigenvalue weighted by atomic mass is 9.94. The molecule has 0 heterocycles. The first-order valence-corrected chi connectivity index (χ1v) is 5.11. The highest BCUT2D eigenvalue weighted by Crippen LogP contribution is 2.49. The Bertz CT molecular complexity index is 424. The lowest BCUT2D eigenvalue weighted by Crippen LogP contribution is -2.21. The lowest BCUT2D eigenvalue weighted by molar-refractivity contribution is -0.140. The van der Waals surface area contributed by atoms with Gasteiger partial charge < -0.3 is 9.84 Å². The van der Waals surface area contributed by atoms with E-state index in [1.807, 2.05) is 0 Å². The first-order chi connectivity index (χ1) is 7.60. The Balaban J connectivity index is 2.33. The Labute approximate surface area is 92.9 Å². The van der Waals surface area contributed by atoms with Crippen LogP contribution in [0.25, 0.3) is 0 Å². The van der Waals surface area contributed by atoms with Gasteiger partial charge in [0, 0.05) is 12.7 Å². The number of carbonyl (C=O) groups is 1. The Kier molecular flexibility index (Phi) is 2.68. The van der Waals surface area contributed by atoms with Crippen molar-refractivity contribution in [2.45, 2.75) is 24.9 Å². The SMILES string of the molecule is COCc1ccc(C2(C(=O)O)CC2)c(F)c1. The summed E-state index contributed by atoms with van der Waals surface area (Å²) in [4.78, 5) is 11.1. The van der Waals surface area contributed by atoms with E-state index in [9.17, 15) is 9.18 Å². The molecule has 0 radical (unpaired) electrons. The summed E-state index contributed by atoms with van der Waals surface area (Å²) in [5, 5.41) is 9.06. The largest absolute Gasteiger partial charge is 0.481 e. The Morgan fingerprint density at radius 3 is 2.69 bits per heavy atom. The van der Waals surface area contributed by atoms with Gasteiger partial charge in [0.05, 0.1) is 12.0 Å². The fourth-order valence-corrected chi connectivity index (χ4v) is 1.93. The van der Waals surface area contributed by atoms with Crippen LogP contribution < -0.4 is 0 Å². The van der Waals surface area contributed by atoms with Gasteiger partial charge in [-0.25, -0.2) is 4.39 Å². The minimum Gasteiger partial charge on any atom is -0.481 e. The number of rotatable bonds is 4. The highest BCUT2D eigenvalue weighted by molar-refractivity contribution is 5.85. The van der Waals surface area contributed by atoms with Crippen molar-refractivity contribution in [2.75, 3.05) is 7.11 Å². The smallest absolute Gasteiger partial charge is 0.314 e. The second kappa shape index (κ2) is 3.87. The third kappa shape index (κ3) is 1.69. The van der Waals surface area contributed by atoms with E-state index in [0.717, 1.165) is 0 Å². The number of carboxylic acids is 1. The van der Waals surface area contributed by atoms with Crippen LogP contribution in [-0.4, -0.2) is 18.2 Å². The first kappa shape index (κ1) is 11.1. The molecule has 0 aromatic heterocycles. The quantitative estimate of drug-likeness (QED) is 0.851. The fourth-order valence-electron chi connectivity index (χ4n) is 1.93. The van der Waals surface area contributed by atoms with Crippen molar-refractivity contribution in [3.63, 3.8) is 0 Å². The summed E-state index contributed by atoms with van der Waals surface area (Å²) in [5.74, 6) is -1.39. The summed E-state index contributed by atoms with van der Waals surface area (Å²) in [7, 11) is 1.53. The van der Waals surface area contributed by atoms with Crippen molar-refractivity contribution >= 4 is 5.97 Å². The molecule has 16 heavy (non-hydrogen) atoms. The summed E-state index contributed by atoms with van der Waals surface area (Å²) in [6.45, 7) is 0.331. The van der Waals surface area contributed by atoms with Gasteiger partial charge in [-0.1, -0.05) is 12.1 Å². The van der Waals surface area contributed by atoms with Crippen LogP contribution in [0.3, 0.4) is 0 Å². The van der Waals surface area contributed by atoms with Crippen LogP contribution in [0.1, 0.15) is 24.0 Å². The van der Waals surface area contributed by atoms with E-state index in [4.69, 9.17) is 9.84 Å². The van der Waals surface area contributed by atoms with Gasteiger partial charge in [0.1, 0.15) is 5.82 Å². The first-order valence-electron chi connectivity index (χ1n) is 5.11. The zero-order chi connectivity index (χ0) is 11.8. The van der Waals surface area contributed by atoms with E-state index in [0.29, 0.717) is 30.6 Å². The molecule has 0 amide bonds. The zero-order valence-electron chi connectivity index (χ0n) is 9.00. The van der Waals surface area contributed by atoms with E-state index >= 15 is 0 Å². The number of hydrogen-bond acceptors (Lipinski definition) is 2. The molecule has 1 fully saturated rings. The molecular formula is C12H13FO3. The highest BCUT2D eigenvalue weighted by Gasteiger charge is 2.53. The zero-order valence-corrected chi connectivity index (χ0v) is 9.00. The van der Waals surface area contributed by atoms with Crippen molar-refractivity contribution in [1.29, 1.82) is 0 Å². The summed E-state index contributed by atoms with van der Waals surface area (Å²) >= 11 is 0. The van der Waals surface area contributed by atoms with Gasteiger partial charge >= 0.3 is 5.97 Å². The number of ether oxygens (including phenoxy) is 1. The number of hydrogen-bond donors (Lipinski definition) is 1. The topological polar surface area (TPSA) is 46.5 Å². The third-order valence-corrected chi connectivity index (χ3v) is 3.02. The molecule has 1 N–H and O–H groups in total. The van der Waals surface area contributed by atoms with Gasteiger partial charge in [-0.2, -0.15) is 0 Å². The molecule has 0 saturated heterocycles. The molecule has 86 valence electrons. The lowest BCUT2D eigenvalue weighted by Gasteiger charge is -2.12. The van der Waals surface area contributed by atoms with E-state index < -0.39 is 17.2 Å². The van der Waals surface area contributed by atoms with Crippen LogP contribution >= 0.6 is 0 Å². The molecule has 4 heteroatoms. The van der Waals surface area contributed by atoms with Crippen LogP contribution in [0, 0.1) is 5.82 Å². The number of carboxylic acid groups (broad SMARTS) is 1. The van der Waals surface area contributed by atoms with E-state index in [1.165, 1.54) is 13.2 Å². The molecule has 0 bridgehead atoms. The van der Waals surface area contributed by atoms with Crippen molar-refractivity contribution in [3.05, 3.63) is 35.1 Å². The molecular weight excluding hydrogens is 211 g/mol. The molecule has 1 saturated carbocycles.